The van der Waals surface area contributed by atoms with E-state index in [2.05, 4.69) is 17.6 Å². The molecule has 1 atom stereocenters. The first-order valence-electron chi connectivity index (χ1n) is 9.22. The van der Waals surface area contributed by atoms with Crippen molar-refractivity contribution in [2.75, 3.05) is 5.32 Å². The van der Waals surface area contributed by atoms with Crippen molar-refractivity contribution in [1.29, 1.82) is 0 Å². The molecule has 1 aliphatic heterocycles. The van der Waals surface area contributed by atoms with Crippen LogP contribution in [0, 0.1) is 11.3 Å². The molecule has 2 N–H and O–H groups in total. The normalized spacial score (nSPS) is 21.9. The van der Waals surface area contributed by atoms with Crippen LogP contribution in [-0.2, 0) is 20.8 Å². The molecule has 5 nitrogen and oxygen atoms in total. The van der Waals surface area contributed by atoms with Crippen LogP contribution in [0.4, 0.5) is 5.69 Å². The van der Waals surface area contributed by atoms with Crippen molar-refractivity contribution < 1.29 is 14.4 Å². The quantitative estimate of drug-likeness (QED) is 0.870. The van der Waals surface area contributed by atoms with E-state index in [0.717, 1.165) is 17.8 Å². The van der Waals surface area contributed by atoms with Gasteiger partial charge in [0.05, 0.1) is 5.92 Å². The van der Waals surface area contributed by atoms with Gasteiger partial charge in [0.25, 0.3) is 0 Å². The molecule has 2 aliphatic rings. The number of carbonyl (C=O) groups is 3. The molecule has 1 aliphatic carbocycles. The molecule has 0 unspecified atom stereocenters. The molecule has 1 aromatic rings. The predicted molar refractivity (Wildman–Crippen MR) is 100 cm³/mol. The number of hydrogen-bond donors (Lipinski definition) is 2. The number of benzene rings is 1. The lowest BCUT2D eigenvalue weighted by molar-refractivity contribution is -0.129. The number of rotatable bonds is 4. The molecule has 0 saturated carbocycles. The summed E-state index contributed by atoms with van der Waals surface area (Å²) in [6.45, 7) is 6.14. The zero-order chi connectivity index (χ0) is 18.9. The maximum Gasteiger partial charge on any atom is 0.228 e. The van der Waals surface area contributed by atoms with Gasteiger partial charge in [0.15, 0.2) is 5.78 Å². The van der Waals surface area contributed by atoms with E-state index in [-0.39, 0.29) is 29.4 Å². The van der Waals surface area contributed by atoms with Crippen LogP contribution in [0.1, 0.15) is 52.0 Å². The van der Waals surface area contributed by atoms with Gasteiger partial charge in [-0.15, -0.1) is 0 Å². The average molecular weight is 354 g/mol. The lowest BCUT2D eigenvalue weighted by Gasteiger charge is -2.36. The van der Waals surface area contributed by atoms with Gasteiger partial charge in [-0.25, -0.2) is 0 Å². The first kappa shape index (κ1) is 18.4. The van der Waals surface area contributed by atoms with Crippen LogP contribution in [0.25, 0.3) is 0 Å². The number of carbonyl (C=O) groups excluding carboxylic acids is 3. The molecule has 1 heterocycles. The summed E-state index contributed by atoms with van der Waals surface area (Å²) in [4.78, 5) is 37.2. The number of amides is 2. The van der Waals surface area contributed by atoms with Crippen molar-refractivity contribution >= 4 is 23.3 Å². The molecule has 138 valence electrons. The summed E-state index contributed by atoms with van der Waals surface area (Å²) in [7, 11) is 0. The van der Waals surface area contributed by atoms with E-state index in [0.29, 0.717) is 24.8 Å². The highest BCUT2D eigenvalue weighted by Gasteiger charge is 2.39. The Kier molecular flexibility index (Phi) is 4.99. The Labute approximate surface area is 154 Å². The van der Waals surface area contributed by atoms with E-state index in [1.165, 1.54) is 5.56 Å². The van der Waals surface area contributed by atoms with Crippen molar-refractivity contribution in [2.24, 2.45) is 11.3 Å². The van der Waals surface area contributed by atoms with Crippen molar-refractivity contribution in [1.82, 2.24) is 5.32 Å². The maximum absolute atomic E-state index is 12.4. The Morgan fingerprint density at radius 2 is 1.88 bits per heavy atom. The molecule has 3 rings (SSSR count). The maximum atomic E-state index is 12.4. The Balaban J connectivity index is 1.65. The summed E-state index contributed by atoms with van der Waals surface area (Å²) >= 11 is 0. The summed E-state index contributed by atoms with van der Waals surface area (Å²) in [6.07, 6.45) is 2.57. The van der Waals surface area contributed by atoms with Crippen LogP contribution < -0.4 is 10.6 Å². The molecule has 5 heteroatoms. The number of hydrogen-bond acceptors (Lipinski definition) is 3. The van der Waals surface area contributed by atoms with Crippen LogP contribution >= 0.6 is 0 Å². The van der Waals surface area contributed by atoms with Crippen molar-refractivity contribution in [2.45, 2.75) is 52.9 Å². The van der Waals surface area contributed by atoms with E-state index in [1.54, 1.807) is 0 Å². The predicted octanol–water partition coefficient (Wildman–Crippen LogP) is 3.36. The lowest BCUT2D eigenvalue weighted by atomic mass is 9.72. The second-order valence-electron chi connectivity index (χ2n) is 8.09. The molecule has 0 aromatic heterocycles. The van der Waals surface area contributed by atoms with E-state index in [1.807, 2.05) is 38.1 Å². The third-order valence-electron chi connectivity index (χ3n) is 5.17. The topological polar surface area (TPSA) is 75.3 Å². The fourth-order valence-corrected chi connectivity index (χ4v) is 3.73. The molecule has 0 saturated heterocycles. The summed E-state index contributed by atoms with van der Waals surface area (Å²) in [5.41, 5.74) is 3.25. The third-order valence-corrected chi connectivity index (χ3v) is 5.17. The monoisotopic (exact) mass is 354 g/mol. The third kappa shape index (κ3) is 4.03. The number of Topliss-reactive ketones (excluding diaryl/α,β-unsaturated/α-hetero) is 1. The van der Waals surface area contributed by atoms with Gasteiger partial charge in [-0.05, 0) is 42.4 Å². The minimum atomic E-state index is -0.492. The van der Waals surface area contributed by atoms with Gasteiger partial charge in [-0.2, -0.15) is 0 Å². The highest BCUT2D eigenvalue weighted by Crippen LogP contribution is 2.40. The van der Waals surface area contributed by atoms with E-state index >= 15 is 0 Å². The molecule has 1 aromatic carbocycles. The van der Waals surface area contributed by atoms with Gasteiger partial charge in [0.1, 0.15) is 0 Å². The summed E-state index contributed by atoms with van der Waals surface area (Å²) in [5, 5.41) is 5.72. The molecule has 0 spiro atoms. The van der Waals surface area contributed by atoms with Crippen LogP contribution in [-0.4, -0.2) is 17.6 Å². The standard InChI is InChI=1S/C21H26N2O3/c1-4-13-5-7-15(8-6-13)22-19(25)10-14-9-16-17(23-20(14)26)11-21(2,3)12-18(16)24/h5-8,14H,4,9-12H2,1-3H3,(H,22,25)(H,23,26)/t14-/m0/s1. The van der Waals surface area contributed by atoms with Crippen molar-refractivity contribution in [3.8, 4) is 0 Å². The Morgan fingerprint density at radius 1 is 1.19 bits per heavy atom. The van der Waals surface area contributed by atoms with Gasteiger partial charge >= 0.3 is 0 Å². The second kappa shape index (κ2) is 7.06. The van der Waals surface area contributed by atoms with Crippen LogP contribution in [0.5, 0.6) is 0 Å². The van der Waals surface area contributed by atoms with Gasteiger partial charge in [-0.3, -0.25) is 14.4 Å². The Morgan fingerprint density at radius 3 is 2.54 bits per heavy atom. The van der Waals surface area contributed by atoms with E-state index in [9.17, 15) is 14.4 Å². The highest BCUT2D eigenvalue weighted by molar-refractivity contribution is 6.02. The number of nitrogens with one attached hydrogen (secondary N) is 2. The molecule has 0 fully saturated rings. The number of ketones is 1. The molecular weight excluding hydrogens is 328 g/mol. The average Bonchev–Trinajstić information content (AvgIpc) is 2.56. The molecular formula is C21H26N2O3. The van der Waals surface area contributed by atoms with E-state index in [4.69, 9.17) is 0 Å². The minimum absolute atomic E-state index is 0.0782. The second-order valence-corrected chi connectivity index (χ2v) is 8.09. The van der Waals surface area contributed by atoms with Gasteiger partial charge in [-0.1, -0.05) is 32.9 Å². The first-order valence-corrected chi connectivity index (χ1v) is 9.22. The van der Waals surface area contributed by atoms with Gasteiger partial charge in [0.2, 0.25) is 11.8 Å². The lowest BCUT2D eigenvalue weighted by Crippen LogP contribution is -2.43. The molecule has 26 heavy (non-hydrogen) atoms. The number of allylic oxidation sites excluding steroid dienone is 2. The van der Waals surface area contributed by atoms with Crippen molar-refractivity contribution in [3.05, 3.63) is 41.1 Å². The Hall–Kier alpha value is -2.43. The van der Waals surface area contributed by atoms with Crippen molar-refractivity contribution in [3.63, 3.8) is 0 Å². The zero-order valence-electron chi connectivity index (χ0n) is 15.6. The summed E-state index contributed by atoms with van der Waals surface area (Å²) in [5.74, 6) is -0.765. The zero-order valence-corrected chi connectivity index (χ0v) is 15.6. The Bertz CT molecular complexity index is 775. The van der Waals surface area contributed by atoms with E-state index < -0.39 is 5.92 Å². The minimum Gasteiger partial charge on any atom is -0.329 e. The first-order chi connectivity index (χ1) is 12.3. The van der Waals surface area contributed by atoms with Crippen LogP contribution in [0.3, 0.4) is 0 Å². The SMILES string of the molecule is CCc1ccc(NC(=O)C[C@@H]2CC3=C(CC(C)(C)CC3=O)NC2=O)cc1. The molecule has 2 amide bonds. The molecule has 0 bridgehead atoms. The summed E-state index contributed by atoms with van der Waals surface area (Å²) < 4.78 is 0. The number of anilines is 1. The molecule has 0 radical (unpaired) electrons. The van der Waals surface area contributed by atoms with Crippen LogP contribution in [0.2, 0.25) is 0 Å². The highest BCUT2D eigenvalue weighted by atomic mass is 16.2. The smallest absolute Gasteiger partial charge is 0.228 e. The fraction of sp³-hybridized carbons (Fsp3) is 0.476. The van der Waals surface area contributed by atoms with Gasteiger partial charge in [0, 0.05) is 29.8 Å². The largest absolute Gasteiger partial charge is 0.329 e. The fourth-order valence-electron chi connectivity index (χ4n) is 3.73. The van der Waals surface area contributed by atoms with Gasteiger partial charge < -0.3 is 10.6 Å². The summed E-state index contributed by atoms with van der Waals surface area (Å²) in [6, 6.07) is 7.68. The van der Waals surface area contributed by atoms with Crippen LogP contribution in [0.15, 0.2) is 35.5 Å². The number of aryl methyl sites for hydroxylation is 1.